The second kappa shape index (κ2) is 6.06. The smallest absolute Gasteiger partial charge is 0.310 e. The maximum absolute atomic E-state index is 12.1. The van der Waals surface area contributed by atoms with Crippen molar-refractivity contribution < 1.29 is 19.1 Å². The lowest BCUT2D eigenvalue weighted by atomic mass is 10.1. The number of nitrogens with zero attached hydrogens (tertiary/aromatic N) is 1. The zero-order valence-corrected chi connectivity index (χ0v) is 13.6. The van der Waals surface area contributed by atoms with Crippen LogP contribution >= 0.6 is 11.3 Å². The van der Waals surface area contributed by atoms with Crippen LogP contribution in [0.5, 0.6) is 5.75 Å². The first kappa shape index (κ1) is 15.4. The number of phenols is 1. The molecule has 0 saturated heterocycles. The first-order chi connectivity index (χ1) is 12.1. The molecule has 0 atom stereocenters. The van der Waals surface area contributed by atoms with Crippen LogP contribution in [0.1, 0.15) is 11.4 Å². The Labute approximate surface area is 144 Å². The van der Waals surface area contributed by atoms with E-state index in [2.05, 4.69) is 9.97 Å². The molecule has 3 aromatic heterocycles. The van der Waals surface area contributed by atoms with Crippen molar-refractivity contribution in [3.8, 4) is 5.75 Å². The SMILES string of the molecule is O=C(Cc1coc2cc(O)ccc12)OCc1nc2ccsc2c(=O)[nH]1. The van der Waals surface area contributed by atoms with E-state index in [9.17, 15) is 14.7 Å². The molecular formula is C17H12N2O5S. The number of nitrogens with one attached hydrogen (secondary N) is 1. The van der Waals surface area contributed by atoms with E-state index in [4.69, 9.17) is 9.15 Å². The van der Waals surface area contributed by atoms with Gasteiger partial charge in [0.25, 0.3) is 5.56 Å². The molecule has 25 heavy (non-hydrogen) atoms. The summed E-state index contributed by atoms with van der Waals surface area (Å²) in [5, 5.41) is 11.9. The van der Waals surface area contributed by atoms with E-state index in [1.54, 1.807) is 17.5 Å². The summed E-state index contributed by atoms with van der Waals surface area (Å²) in [4.78, 5) is 30.8. The number of benzene rings is 1. The third-order valence-electron chi connectivity index (χ3n) is 3.71. The summed E-state index contributed by atoms with van der Waals surface area (Å²) in [5.74, 6) is -0.0788. The van der Waals surface area contributed by atoms with E-state index in [0.29, 0.717) is 27.2 Å². The van der Waals surface area contributed by atoms with Gasteiger partial charge < -0.3 is 19.2 Å². The number of furan rings is 1. The monoisotopic (exact) mass is 356 g/mol. The van der Waals surface area contributed by atoms with Crippen molar-refractivity contribution in [1.82, 2.24) is 9.97 Å². The third kappa shape index (κ3) is 2.99. The van der Waals surface area contributed by atoms with Crippen molar-refractivity contribution in [3.63, 3.8) is 0 Å². The number of fused-ring (bicyclic) bond motifs is 2. The lowest BCUT2D eigenvalue weighted by molar-refractivity contribution is -0.144. The van der Waals surface area contributed by atoms with Crippen molar-refractivity contribution in [1.29, 1.82) is 0 Å². The summed E-state index contributed by atoms with van der Waals surface area (Å²) in [6.07, 6.45) is 1.48. The van der Waals surface area contributed by atoms with E-state index < -0.39 is 5.97 Å². The van der Waals surface area contributed by atoms with Gasteiger partial charge in [-0.25, -0.2) is 4.98 Å². The van der Waals surface area contributed by atoms with E-state index in [-0.39, 0.29) is 24.3 Å². The number of esters is 1. The Morgan fingerprint density at radius 1 is 1.36 bits per heavy atom. The quantitative estimate of drug-likeness (QED) is 0.545. The number of H-pyrrole nitrogens is 1. The van der Waals surface area contributed by atoms with Crippen LogP contribution in [0.15, 0.2) is 45.1 Å². The van der Waals surface area contributed by atoms with Crippen molar-refractivity contribution in [2.75, 3.05) is 0 Å². The Bertz CT molecular complexity index is 1140. The number of aromatic hydroxyl groups is 1. The average Bonchev–Trinajstić information content (AvgIpc) is 3.20. The molecule has 2 N–H and O–H groups in total. The van der Waals surface area contributed by atoms with Crippen LogP contribution in [0.4, 0.5) is 0 Å². The number of phenolic OH excluding ortho intramolecular Hbond substituents is 1. The number of thiophene rings is 1. The highest BCUT2D eigenvalue weighted by molar-refractivity contribution is 7.17. The largest absolute Gasteiger partial charge is 0.508 e. The summed E-state index contributed by atoms with van der Waals surface area (Å²) in [6, 6.07) is 6.43. The normalized spacial score (nSPS) is 11.2. The van der Waals surface area contributed by atoms with Crippen LogP contribution in [0, 0.1) is 0 Å². The lowest BCUT2D eigenvalue weighted by Crippen LogP contribution is -2.14. The lowest BCUT2D eigenvalue weighted by Gasteiger charge is -2.04. The van der Waals surface area contributed by atoms with Crippen LogP contribution in [-0.2, 0) is 22.6 Å². The molecular weight excluding hydrogens is 344 g/mol. The molecule has 7 nitrogen and oxygen atoms in total. The predicted molar refractivity (Wildman–Crippen MR) is 91.6 cm³/mol. The van der Waals surface area contributed by atoms with Crippen LogP contribution < -0.4 is 5.56 Å². The number of rotatable bonds is 4. The van der Waals surface area contributed by atoms with Crippen LogP contribution in [-0.4, -0.2) is 21.0 Å². The first-order valence-corrected chi connectivity index (χ1v) is 8.29. The van der Waals surface area contributed by atoms with Crippen molar-refractivity contribution in [2.45, 2.75) is 13.0 Å². The van der Waals surface area contributed by atoms with Gasteiger partial charge in [-0.1, -0.05) is 0 Å². The molecule has 1 aromatic carbocycles. The molecule has 126 valence electrons. The number of aromatic amines is 1. The van der Waals surface area contributed by atoms with Gasteiger partial charge in [0.05, 0.1) is 18.2 Å². The summed E-state index contributed by atoms with van der Waals surface area (Å²) < 4.78 is 11.1. The van der Waals surface area contributed by atoms with Gasteiger partial charge in [0.2, 0.25) is 0 Å². The molecule has 3 heterocycles. The van der Waals surface area contributed by atoms with Gasteiger partial charge in [0, 0.05) is 17.0 Å². The minimum absolute atomic E-state index is 0.0166. The van der Waals surface area contributed by atoms with Gasteiger partial charge in [0.1, 0.15) is 28.5 Å². The molecule has 8 heteroatoms. The van der Waals surface area contributed by atoms with Gasteiger partial charge in [-0.05, 0) is 23.6 Å². The van der Waals surface area contributed by atoms with Crippen molar-refractivity contribution in [3.05, 3.63) is 57.7 Å². The van der Waals surface area contributed by atoms with Crippen LogP contribution in [0.25, 0.3) is 21.2 Å². The van der Waals surface area contributed by atoms with E-state index in [1.807, 2.05) is 0 Å². The van der Waals surface area contributed by atoms with Crippen molar-refractivity contribution >= 4 is 38.5 Å². The van der Waals surface area contributed by atoms with Gasteiger partial charge in [0.15, 0.2) is 0 Å². The number of ether oxygens (including phenoxy) is 1. The first-order valence-electron chi connectivity index (χ1n) is 7.41. The molecule has 0 aliphatic heterocycles. The third-order valence-corrected chi connectivity index (χ3v) is 4.61. The Hall–Kier alpha value is -3.13. The standard InChI is InChI=1S/C17H12N2O5S/c20-10-1-2-11-9(7-23-13(11)6-10)5-15(21)24-8-14-18-12-3-4-25-16(12)17(22)19-14/h1-4,6-7,20H,5,8H2,(H,18,19,22). The van der Waals surface area contributed by atoms with Gasteiger partial charge >= 0.3 is 5.97 Å². The second-order valence-electron chi connectivity index (χ2n) is 5.43. The number of carbonyl (C=O) groups is 1. The highest BCUT2D eigenvalue weighted by atomic mass is 32.1. The molecule has 0 fully saturated rings. The fourth-order valence-electron chi connectivity index (χ4n) is 2.55. The predicted octanol–water partition coefficient (Wildman–Crippen LogP) is 2.72. The minimum atomic E-state index is -0.469. The van der Waals surface area contributed by atoms with Gasteiger partial charge in [-0.2, -0.15) is 0 Å². The fourth-order valence-corrected chi connectivity index (χ4v) is 3.28. The highest BCUT2D eigenvalue weighted by Gasteiger charge is 2.13. The topological polar surface area (TPSA) is 105 Å². The average molecular weight is 356 g/mol. The number of aromatic nitrogens is 2. The van der Waals surface area contributed by atoms with E-state index >= 15 is 0 Å². The van der Waals surface area contributed by atoms with Crippen LogP contribution in [0.2, 0.25) is 0 Å². The molecule has 0 aliphatic rings. The number of hydrogen-bond acceptors (Lipinski definition) is 7. The minimum Gasteiger partial charge on any atom is -0.508 e. The van der Waals surface area contributed by atoms with Gasteiger partial charge in [-0.3, -0.25) is 9.59 Å². The van der Waals surface area contributed by atoms with E-state index in [1.165, 1.54) is 29.7 Å². The summed E-state index contributed by atoms with van der Waals surface area (Å²) in [7, 11) is 0. The summed E-state index contributed by atoms with van der Waals surface area (Å²) in [5.41, 5.74) is 1.50. The highest BCUT2D eigenvalue weighted by Crippen LogP contribution is 2.25. The van der Waals surface area contributed by atoms with Crippen molar-refractivity contribution in [2.24, 2.45) is 0 Å². The Morgan fingerprint density at radius 3 is 3.12 bits per heavy atom. The zero-order chi connectivity index (χ0) is 17.4. The van der Waals surface area contributed by atoms with E-state index in [0.717, 1.165) is 5.39 Å². The fraction of sp³-hybridized carbons (Fsp3) is 0.118. The molecule has 0 spiro atoms. The molecule has 0 bridgehead atoms. The number of hydrogen-bond donors (Lipinski definition) is 2. The molecule has 0 saturated carbocycles. The molecule has 0 radical (unpaired) electrons. The second-order valence-corrected chi connectivity index (χ2v) is 6.34. The van der Waals surface area contributed by atoms with Crippen LogP contribution in [0.3, 0.4) is 0 Å². The Morgan fingerprint density at radius 2 is 2.24 bits per heavy atom. The summed E-state index contributed by atoms with van der Waals surface area (Å²) >= 11 is 1.31. The summed E-state index contributed by atoms with van der Waals surface area (Å²) in [6.45, 7) is -0.115. The molecule has 4 rings (SSSR count). The Kier molecular flexibility index (Phi) is 3.73. The zero-order valence-electron chi connectivity index (χ0n) is 12.8. The molecule has 4 aromatic rings. The number of carbonyl (C=O) groups excluding carboxylic acids is 1. The maximum Gasteiger partial charge on any atom is 0.310 e. The molecule has 0 aliphatic carbocycles. The maximum atomic E-state index is 12.1. The Balaban J connectivity index is 1.47. The molecule has 0 unspecified atom stereocenters. The van der Waals surface area contributed by atoms with Gasteiger partial charge in [-0.15, -0.1) is 11.3 Å². The molecule has 0 amide bonds.